The molecule has 1 amide bonds. The predicted octanol–water partition coefficient (Wildman–Crippen LogP) is 0.729. The van der Waals surface area contributed by atoms with Gasteiger partial charge in [0.05, 0.1) is 6.04 Å². The summed E-state index contributed by atoms with van der Waals surface area (Å²) >= 11 is 0. The summed E-state index contributed by atoms with van der Waals surface area (Å²) in [5.74, 6) is 0.282. The number of hydrogen-bond acceptors (Lipinski definition) is 3. The number of nitrogens with zero attached hydrogens (tertiary/aromatic N) is 1. The molecule has 2 heterocycles. The lowest BCUT2D eigenvalue weighted by Crippen LogP contribution is -2.47. The maximum absolute atomic E-state index is 12.2. The average molecular weight is 251 g/mol. The normalized spacial score (nSPS) is 37.1. The second-order valence-corrected chi connectivity index (χ2v) is 6.65. The van der Waals surface area contributed by atoms with E-state index in [-0.39, 0.29) is 11.9 Å². The van der Waals surface area contributed by atoms with Crippen LogP contribution in [0.25, 0.3) is 0 Å². The molecule has 0 spiro atoms. The monoisotopic (exact) mass is 251 g/mol. The Hall–Kier alpha value is -0.610. The molecule has 0 bridgehead atoms. The predicted molar refractivity (Wildman–Crippen MR) is 71.4 cm³/mol. The van der Waals surface area contributed by atoms with Crippen LogP contribution < -0.4 is 10.6 Å². The zero-order chi connectivity index (χ0) is 12.6. The Morgan fingerprint density at radius 3 is 2.94 bits per heavy atom. The highest BCUT2D eigenvalue weighted by molar-refractivity contribution is 5.82. The molecule has 3 rings (SSSR count). The van der Waals surface area contributed by atoms with E-state index in [2.05, 4.69) is 22.5 Å². The highest BCUT2D eigenvalue weighted by Crippen LogP contribution is 2.30. The first-order valence-electron chi connectivity index (χ1n) is 7.41. The lowest BCUT2D eigenvalue weighted by atomic mass is 9.89. The fraction of sp³-hybridized carbons (Fsp3) is 0.929. The molecule has 1 aliphatic carbocycles. The maximum Gasteiger partial charge on any atom is 0.237 e. The first-order valence-corrected chi connectivity index (χ1v) is 7.41. The Kier molecular flexibility index (Phi) is 3.32. The van der Waals surface area contributed by atoms with Crippen LogP contribution in [0.3, 0.4) is 0 Å². The molecule has 0 radical (unpaired) electrons. The molecule has 2 unspecified atom stereocenters. The van der Waals surface area contributed by atoms with Gasteiger partial charge in [0.1, 0.15) is 0 Å². The molecule has 0 aromatic heterocycles. The van der Waals surface area contributed by atoms with E-state index in [0.29, 0.717) is 11.5 Å². The summed E-state index contributed by atoms with van der Waals surface area (Å²) in [5, 5.41) is 6.61. The van der Waals surface area contributed by atoms with Crippen molar-refractivity contribution < 1.29 is 4.79 Å². The molecular weight excluding hydrogens is 226 g/mol. The Morgan fingerprint density at radius 2 is 2.28 bits per heavy atom. The van der Waals surface area contributed by atoms with Crippen molar-refractivity contribution in [1.82, 2.24) is 15.5 Å². The Labute approximate surface area is 109 Å². The maximum atomic E-state index is 12.2. The van der Waals surface area contributed by atoms with Crippen molar-refractivity contribution in [3.05, 3.63) is 0 Å². The molecule has 3 aliphatic rings. The zero-order valence-electron chi connectivity index (χ0n) is 11.4. The van der Waals surface area contributed by atoms with E-state index in [1.807, 2.05) is 0 Å². The summed E-state index contributed by atoms with van der Waals surface area (Å²) in [6, 6.07) is 0.631. The van der Waals surface area contributed by atoms with Gasteiger partial charge in [0.2, 0.25) is 5.91 Å². The molecular formula is C14H25N3O. The standard InChI is InChI=1S/C14H25N3O/c1-14(6-7-15-9-14)10-17-8-2-3-12(17)13(18)16-11-4-5-11/h11-12,15H,2-10H2,1H3,(H,16,18). The van der Waals surface area contributed by atoms with E-state index >= 15 is 0 Å². The number of rotatable bonds is 4. The smallest absolute Gasteiger partial charge is 0.237 e. The average Bonchev–Trinajstić information content (AvgIpc) is 2.86. The second-order valence-electron chi connectivity index (χ2n) is 6.65. The van der Waals surface area contributed by atoms with Gasteiger partial charge in [-0.1, -0.05) is 6.92 Å². The van der Waals surface area contributed by atoms with Gasteiger partial charge in [0, 0.05) is 19.1 Å². The summed E-state index contributed by atoms with van der Waals surface area (Å²) in [4.78, 5) is 14.6. The van der Waals surface area contributed by atoms with Crippen molar-refractivity contribution in [2.24, 2.45) is 5.41 Å². The van der Waals surface area contributed by atoms with E-state index in [9.17, 15) is 4.79 Å². The minimum Gasteiger partial charge on any atom is -0.352 e. The van der Waals surface area contributed by atoms with Crippen molar-refractivity contribution in [2.75, 3.05) is 26.2 Å². The molecule has 3 fully saturated rings. The van der Waals surface area contributed by atoms with E-state index < -0.39 is 0 Å². The third-order valence-electron chi connectivity index (χ3n) is 4.63. The molecule has 2 aliphatic heterocycles. The third-order valence-corrected chi connectivity index (χ3v) is 4.63. The van der Waals surface area contributed by atoms with Crippen LogP contribution in [0, 0.1) is 5.41 Å². The highest BCUT2D eigenvalue weighted by Gasteiger charge is 2.38. The number of carbonyl (C=O) groups is 1. The van der Waals surface area contributed by atoms with Gasteiger partial charge in [0.25, 0.3) is 0 Å². The first-order chi connectivity index (χ1) is 8.66. The van der Waals surface area contributed by atoms with E-state index in [0.717, 1.165) is 32.6 Å². The summed E-state index contributed by atoms with van der Waals surface area (Å²) < 4.78 is 0. The van der Waals surface area contributed by atoms with E-state index in [1.54, 1.807) is 0 Å². The molecule has 0 aromatic carbocycles. The molecule has 2 saturated heterocycles. The van der Waals surface area contributed by atoms with Crippen LogP contribution in [0.5, 0.6) is 0 Å². The lowest BCUT2D eigenvalue weighted by molar-refractivity contribution is -0.126. The molecule has 1 saturated carbocycles. The van der Waals surface area contributed by atoms with Gasteiger partial charge >= 0.3 is 0 Å². The van der Waals surface area contributed by atoms with Crippen LogP contribution in [0.4, 0.5) is 0 Å². The quantitative estimate of drug-likeness (QED) is 0.774. The van der Waals surface area contributed by atoms with Crippen LogP contribution in [-0.4, -0.2) is 49.1 Å². The van der Waals surface area contributed by atoms with Gasteiger partial charge in [-0.2, -0.15) is 0 Å². The molecule has 102 valence electrons. The second kappa shape index (κ2) is 4.82. The number of hydrogen-bond donors (Lipinski definition) is 2. The fourth-order valence-corrected chi connectivity index (χ4v) is 3.33. The van der Waals surface area contributed by atoms with Gasteiger partial charge in [-0.15, -0.1) is 0 Å². The summed E-state index contributed by atoms with van der Waals surface area (Å²) in [5.41, 5.74) is 0.364. The van der Waals surface area contributed by atoms with Gasteiger partial charge in [-0.3, -0.25) is 9.69 Å². The molecule has 0 aromatic rings. The van der Waals surface area contributed by atoms with Gasteiger partial charge < -0.3 is 10.6 Å². The van der Waals surface area contributed by atoms with Gasteiger partial charge in [-0.25, -0.2) is 0 Å². The van der Waals surface area contributed by atoms with Crippen LogP contribution >= 0.6 is 0 Å². The minimum atomic E-state index is 0.142. The summed E-state index contributed by atoms with van der Waals surface area (Å²) in [6.45, 7) is 6.74. The van der Waals surface area contributed by atoms with Crippen molar-refractivity contribution in [1.29, 1.82) is 0 Å². The van der Waals surface area contributed by atoms with Crippen LogP contribution in [0.15, 0.2) is 0 Å². The van der Waals surface area contributed by atoms with Crippen molar-refractivity contribution >= 4 is 5.91 Å². The number of nitrogens with one attached hydrogen (secondary N) is 2. The van der Waals surface area contributed by atoms with Gasteiger partial charge in [-0.05, 0) is 50.6 Å². The SMILES string of the molecule is CC1(CN2CCCC2C(=O)NC2CC2)CCNC1. The summed E-state index contributed by atoms with van der Waals surface area (Å²) in [6.07, 6.45) is 5.81. The molecule has 2 atom stereocenters. The molecule has 2 N–H and O–H groups in total. The first kappa shape index (κ1) is 12.4. The Morgan fingerprint density at radius 1 is 1.44 bits per heavy atom. The van der Waals surface area contributed by atoms with Crippen LogP contribution in [-0.2, 0) is 4.79 Å². The van der Waals surface area contributed by atoms with Crippen molar-refractivity contribution in [2.45, 2.75) is 51.1 Å². The zero-order valence-corrected chi connectivity index (χ0v) is 11.4. The highest BCUT2D eigenvalue weighted by atomic mass is 16.2. The Bertz CT molecular complexity index is 321. The van der Waals surface area contributed by atoms with Crippen molar-refractivity contribution in [3.63, 3.8) is 0 Å². The minimum absolute atomic E-state index is 0.142. The van der Waals surface area contributed by atoms with Crippen LogP contribution in [0.2, 0.25) is 0 Å². The molecule has 4 nitrogen and oxygen atoms in total. The number of likely N-dealkylation sites (tertiary alicyclic amines) is 1. The van der Waals surface area contributed by atoms with Crippen molar-refractivity contribution in [3.8, 4) is 0 Å². The van der Waals surface area contributed by atoms with E-state index in [4.69, 9.17) is 0 Å². The van der Waals surface area contributed by atoms with Gasteiger partial charge in [0.15, 0.2) is 0 Å². The molecule has 18 heavy (non-hydrogen) atoms. The Balaban J connectivity index is 1.57. The number of amides is 1. The lowest BCUT2D eigenvalue weighted by Gasteiger charge is -2.32. The topological polar surface area (TPSA) is 44.4 Å². The van der Waals surface area contributed by atoms with E-state index in [1.165, 1.54) is 25.7 Å². The fourth-order valence-electron chi connectivity index (χ4n) is 3.33. The largest absolute Gasteiger partial charge is 0.352 e. The summed E-state index contributed by atoms with van der Waals surface area (Å²) in [7, 11) is 0. The number of carbonyl (C=O) groups excluding carboxylic acids is 1. The third kappa shape index (κ3) is 2.69. The van der Waals surface area contributed by atoms with Crippen LogP contribution in [0.1, 0.15) is 39.0 Å². The molecule has 4 heteroatoms.